The van der Waals surface area contributed by atoms with Gasteiger partial charge in [0.05, 0.1) is 22.7 Å². The highest BCUT2D eigenvalue weighted by atomic mass is 15.2. The van der Waals surface area contributed by atoms with Crippen molar-refractivity contribution >= 4 is 101 Å². The Morgan fingerprint density at radius 1 is 0.138 bits per heavy atom. The summed E-state index contributed by atoms with van der Waals surface area (Å²) in [4.78, 5) is 10.1. The summed E-state index contributed by atoms with van der Waals surface area (Å²) < 4.78 is 0. The van der Waals surface area contributed by atoms with E-state index in [2.05, 4.69) is 534 Å². The fourth-order valence-corrected chi connectivity index (χ4v) is 18.5. The zero-order valence-electron chi connectivity index (χ0n) is 79.6. The molecule has 0 aliphatic rings. The first-order valence-corrected chi connectivity index (χ1v) is 46.4. The molecule has 18 aromatic carbocycles. The molecule has 0 aliphatic carbocycles. The van der Waals surface area contributed by atoms with E-state index in [0.717, 1.165) is 134 Å². The monoisotopic (exact) mass is 1690 g/mol. The van der Waals surface area contributed by atoms with Crippen molar-refractivity contribution in [3.05, 3.63) is 421 Å². The first-order valence-electron chi connectivity index (χ1n) is 46.4. The molecule has 4 heteroatoms. The van der Waals surface area contributed by atoms with E-state index >= 15 is 0 Å². The minimum absolute atomic E-state index is 0.0137. The number of hydrogen-bond donors (Lipinski definition) is 0. The Hall–Kier alpha value is -13.8. The molecule has 0 amide bonds. The SMILES string of the molecule is Cc1ccc(N(c2ccc(-c3ccc(C(C)(C)C)cc3)cc2)c2cc(N(c3ccc(-c4ccc(C(C)(C)C)cc4)cc3)c3ccc(-c4ccc(C(C)(C)C)cc4)cc3)c3ccc4c(N(c5ccc(C)cc5)c5ccc(-c6ccc(C(C)(C)C)cc6)cc5)cc(N(c5ccc(-c6ccc(C(C)(C)C)cc6)cc5)c5ccc(-c6ccc(C(C)(C)C)cc6)cc5)c5ccc2c3c45)cc1. The van der Waals surface area contributed by atoms with Gasteiger partial charge in [0.1, 0.15) is 0 Å². The standard InChI is InChI=1S/C126H122N4/c1-83-21-61-103(62-22-83)127(105-65-37-91(38-66-105)85-25-49-97(50-26-85)121(3,4)5)115-81-117(129(107-69-41-93(42-70-107)87-29-53-99(54-30-87)123(9,10)11)108-71-43-94(44-72-108)88-31-55-100(56-32-88)124(12,13)14)113-80-78-112-116(128(104-63-23-84(2)24-64-104)106-67-39-92(40-68-106)86-27-51-98(52-28-86)122(6,7)8)82-118(114-79-77-111(115)119(113)120(112)114)130(109-73-45-95(46-74-109)89-33-57-101(58-34-89)125(15,16)17)110-75-47-96(48-76-110)90-35-59-102(60-36-90)126(18,19)20/h21-82H,1-20H3. The number of rotatable bonds is 18. The number of nitrogens with zero attached hydrogens (tertiary/aromatic N) is 4. The summed E-state index contributed by atoms with van der Waals surface area (Å²) >= 11 is 0. The minimum Gasteiger partial charge on any atom is -0.310 e. The Kier molecular flexibility index (Phi) is 22.7. The highest BCUT2D eigenvalue weighted by Crippen LogP contribution is 2.56. The lowest BCUT2D eigenvalue weighted by Crippen LogP contribution is -2.16. The largest absolute Gasteiger partial charge is 0.310 e. The van der Waals surface area contributed by atoms with Crippen LogP contribution in [0.4, 0.5) is 68.2 Å². The van der Waals surface area contributed by atoms with Gasteiger partial charge in [0, 0.05) is 77.8 Å². The molecule has 18 rings (SSSR count). The van der Waals surface area contributed by atoms with Crippen LogP contribution in [0, 0.1) is 13.8 Å². The van der Waals surface area contributed by atoms with Gasteiger partial charge in [-0.3, -0.25) is 0 Å². The molecule has 0 N–H and O–H groups in total. The summed E-state index contributed by atoms with van der Waals surface area (Å²) in [5, 5.41) is 6.67. The number of aryl methyl sites for hydroxylation is 2. The van der Waals surface area contributed by atoms with E-state index in [0.29, 0.717) is 0 Å². The van der Waals surface area contributed by atoms with E-state index in [9.17, 15) is 0 Å². The zero-order chi connectivity index (χ0) is 91.1. The van der Waals surface area contributed by atoms with E-state index in [1.807, 2.05) is 0 Å². The molecule has 0 saturated carbocycles. The van der Waals surface area contributed by atoms with Crippen molar-refractivity contribution in [1.82, 2.24) is 0 Å². The molecule has 0 aliphatic heterocycles. The van der Waals surface area contributed by atoms with Gasteiger partial charge in [0.2, 0.25) is 0 Å². The molecule has 646 valence electrons. The van der Waals surface area contributed by atoms with Gasteiger partial charge in [0.25, 0.3) is 0 Å². The molecule has 0 atom stereocenters. The third-order valence-corrected chi connectivity index (χ3v) is 26.6. The van der Waals surface area contributed by atoms with Crippen LogP contribution in [-0.4, -0.2) is 0 Å². The van der Waals surface area contributed by atoms with Crippen LogP contribution >= 0.6 is 0 Å². The first-order chi connectivity index (χ1) is 62.0. The van der Waals surface area contributed by atoms with Crippen molar-refractivity contribution in [2.45, 2.75) is 171 Å². The molecule has 0 heterocycles. The van der Waals surface area contributed by atoms with Crippen LogP contribution in [0.2, 0.25) is 0 Å². The van der Waals surface area contributed by atoms with E-state index in [1.165, 1.54) is 77.9 Å². The van der Waals surface area contributed by atoms with Gasteiger partial charge in [-0.2, -0.15) is 0 Å². The van der Waals surface area contributed by atoms with Crippen molar-refractivity contribution in [3.8, 4) is 66.8 Å². The number of anilines is 12. The number of benzene rings is 18. The summed E-state index contributed by atoms with van der Waals surface area (Å²) in [6.07, 6.45) is 0. The van der Waals surface area contributed by atoms with Crippen molar-refractivity contribution in [1.29, 1.82) is 0 Å². The van der Waals surface area contributed by atoms with Crippen molar-refractivity contribution in [2.75, 3.05) is 19.6 Å². The maximum Gasteiger partial charge on any atom is 0.0561 e. The Bertz CT molecular complexity index is 6410. The van der Waals surface area contributed by atoms with E-state index in [1.54, 1.807) is 0 Å². The lowest BCUT2D eigenvalue weighted by atomic mass is 9.86. The normalized spacial score (nSPS) is 12.3. The van der Waals surface area contributed by atoms with Gasteiger partial charge in [-0.1, -0.05) is 403 Å². The van der Waals surface area contributed by atoms with Gasteiger partial charge in [-0.05, 0) is 256 Å². The summed E-state index contributed by atoms with van der Waals surface area (Å²) in [7, 11) is 0. The average Bonchev–Trinajstić information content (AvgIpc) is 0.697. The topological polar surface area (TPSA) is 13.0 Å². The Balaban J connectivity index is 0.952. The zero-order valence-corrected chi connectivity index (χ0v) is 79.6. The van der Waals surface area contributed by atoms with Crippen LogP contribution in [0.15, 0.2) is 376 Å². The molecule has 4 nitrogen and oxygen atoms in total. The second-order valence-electron chi connectivity index (χ2n) is 42.2. The second-order valence-corrected chi connectivity index (χ2v) is 42.2. The molecule has 0 saturated heterocycles. The van der Waals surface area contributed by atoms with Crippen LogP contribution < -0.4 is 19.6 Å². The molecule has 0 spiro atoms. The van der Waals surface area contributed by atoms with Crippen molar-refractivity contribution in [3.63, 3.8) is 0 Å². The van der Waals surface area contributed by atoms with E-state index < -0.39 is 0 Å². The highest BCUT2D eigenvalue weighted by Gasteiger charge is 2.32. The van der Waals surface area contributed by atoms with Gasteiger partial charge in [-0.15, -0.1) is 0 Å². The van der Waals surface area contributed by atoms with Crippen LogP contribution in [0.5, 0.6) is 0 Å². The third-order valence-electron chi connectivity index (χ3n) is 26.6. The maximum atomic E-state index is 2.54. The molecular weight excluding hydrogens is 1570 g/mol. The highest BCUT2D eigenvalue weighted by molar-refractivity contribution is 6.33. The lowest BCUT2D eigenvalue weighted by molar-refractivity contribution is 0.590. The number of hydrogen-bond acceptors (Lipinski definition) is 4. The Labute approximate surface area is 773 Å². The second kappa shape index (κ2) is 34.0. The van der Waals surface area contributed by atoms with E-state index in [4.69, 9.17) is 0 Å². The smallest absolute Gasteiger partial charge is 0.0561 e. The maximum absolute atomic E-state index is 2.54. The Morgan fingerprint density at radius 3 is 0.377 bits per heavy atom. The minimum atomic E-state index is 0.0137. The van der Waals surface area contributed by atoms with Gasteiger partial charge < -0.3 is 19.6 Å². The lowest BCUT2D eigenvalue weighted by Gasteiger charge is -2.34. The van der Waals surface area contributed by atoms with Crippen LogP contribution in [0.25, 0.3) is 99.1 Å². The molecule has 18 aromatic rings. The van der Waals surface area contributed by atoms with Gasteiger partial charge in [0.15, 0.2) is 0 Å². The first kappa shape index (κ1) is 86.9. The molecule has 0 unspecified atom stereocenters. The average molecular weight is 1690 g/mol. The van der Waals surface area contributed by atoms with Gasteiger partial charge >= 0.3 is 0 Å². The Morgan fingerprint density at radius 2 is 0.254 bits per heavy atom. The van der Waals surface area contributed by atoms with Crippen molar-refractivity contribution in [2.24, 2.45) is 0 Å². The fraction of sp³-hybridized carbons (Fsp3) is 0.206. The summed E-state index contributed by atoms with van der Waals surface area (Å²) in [5.41, 5.74) is 36.6. The molecule has 130 heavy (non-hydrogen) atoms. The third kappa shape index (κ3) is 17.6. The van der Waals surface area contributed by atoms with Crippen molar-refractivity contribution < 1.29 is 0 Å². The molecule has 0 fully saturated rings. The molecule has 0 aromatic heterocycles. The quantitative estimate of drug-likeness (QED) is 0.0794. The fourth-order valence-electron chi connectivity index (χ4n) is 18.5. The molecular formula is C126H122N4. The van der Waals surface area contributed by atoms with Gasteiger partial charge in [-0.25, -0.2) is 0 Å². The molecule has 0 bridgehead atoms. The summed E-state index contributed by atoms with van der Waals surface area (Å²) in [6, 6.07) is 144. The van der Waals surface area contributed by atoms with Crippen LogP contribution in [0.1, 0.15) is 169 Å². The summed E-state index contributed by atoms with van der Waals surface area (Å²) in [5.74, 6) is 0. The predicted molar refractivity (Wildman–Crippen MR) is 563 cm³/mol. The summed E-state index contributed by atoms with van der Waals surface area (Å²) in [6.45, 7) is 45.5. The predicted octanol–water partition coefficient (Wildman–Crippen LogP) is 36.9. The van der Waals surface area contributed by atoms with Crippen LogP contribution in [0.3, 0.4) is 0 Å². The van der Waals surface area contributed by atoms with E-state index in [-0.39, 0.29) is 32.5 Å². The van der Waals surface area contributed by atoms with Crippen LogP contribution in [-0.2, 0) is 32.5 Å². The molecule has 0 radical (unpaired) electrons.